The Morgan fingerprint density at radius 3 is 2.24 bits per heavy atom. The van der Waals surface area contributed by atoms with E-state index in [0.29, 0.717) is 36.5 Å². The number of benzene rings is 1. The average molecular weight is 418 g/mol. The molecule has 156 valence electrons. The molecule has 0 spiro atoms. The fourth-order valence-electron chi connectivity index (χ4n) is 3.89. The van der Waals surface area contributed by atoms with Crippen molar-refractivity contribution in [2.24, 2.45) is 0 Å². The molecule has 29 heavy (non-hydrogen) atoms. The van der Waals surface area contributed by atoms with Crippen molar-refractivity contribution in [3.63, 3.8) is 0 Å². The summed E-state index contributed by atoms with van der Waals surface area (Å²) >= 11 is 0. The number of H-pyrrole nitrogens is 1. The number of piperazine rings is 1. The van der Waals surface area contributed by atoms with Gasteiger partial charge in [0.05, 0.1) is 5.75 Å². The Kier molecular flexibility index (Phi) is 6.24. The molecular formula is C21H27N3O4S. The molecule has 1 fully saturated rings. The molecule has 1 aliphatic heterocycles. The summed E-state index contributed by atoms with van der Waals surface area (Å²) in [7, 11) is -3.43. The highest BCUT2D eigenvalue weighted by Gasteiger charge is 2.31. The van der Waals surface area contributed by atoms with Gasteiger partial charge in [0, 0.05) is 37.4 Å². The molecule has 1 aliphatic rings. The predicted octanol–water partition coefficient (Wildman–Crippen LogP) is 2.38. The smallest absolute Gasteiger partial charge is 0.270 e. The second-order valence-electron chi connectivity index (χ2n) is 7.32. The van der Waals surface area contributed by atoms with Crippen LogP contribution in [0.25, 0.3) is 0 Å². The van der Waals surface area contributed by atoms with Gasteiger partial charge in [-0.1, -0.05) is 37.3 Å². The molecular weight excluding hydrogens is 390 g/mol. The van der Waals surface area contributed by atoms with Crippen LogP contribution in [0.15, 0.2) is 30.3 Å². The number of aromatic nitrogens is 1. The summed E-state index contributed by atoms with van der Waals surface area (Å²) in [6.45, 7) is 6.39. The Hall–Kier alpha value is -2.45. The average Bonchev–Trinajstić information content (AvgIpc) is 3.04. The number of nitrogens with zero attached hydrogens (tertiary/aromatic N) is 2. The SMILES string of the molecule is CCc1c(C(=O)N2CCN(S(=O)(=O)Cc3ccccc3)CC2)[nH]c(C)c1C(C)=O. The number of hydrogen-bond donors (Lipinski definition) is 1. The number of hydrogen-bond acceptors (Lipinski definition) is 4. The van der Waals surface area contributed by atoms with Crippen LogP contribution < -0.4 is 0 Å². The van der Waals surface area contributed by atoms with Crippen LogP contribution in [-0.2, 0) is 22.2 Å². The molecule has 1 aromatic carbocycles. The van der Waals surface area contributed by atoms with Crippen LogP contribution in [0.4, 0.5) is 0 Å². The quantitative estimate of drug-likeness (QED) is 0.731. The van der Waals surface area contributed by atoms with E-state index in [9.17, 15) is 18.0 Å². The van der Waals surface area contributed by atoms with Crippen molar-refractivity contribution in [2.45, 2.75) is 32.9 Å². The highest BCUT2D eigenvalue weighted by Crippen LogP contribution is 2.23. The highest BCUT2D eigenvalue weighted by molar-refractivity contribution is 7.88. The van der Waals surface area contributed by atoms with Crippen molar-refractivity contribution in [2.75, 3.05) is 26.2 Å². The van der Waals surface area contributed by atoms with Gasteiger partial charge in [-0.25, -0.2) is 8.42 Å². The maximum Gasteiger partial charge on any atom is 0.270 e. The molecule has 3 rings (SSSR count). The van der Waals surface area contributed by atoms with Crippen LogP contribution in [-0.4, -0.2) is 60.5 Å². The lowest BCUT2D eigenvalue weighted by atomic mass is 10.0. The number of amides is 1. The summed E-state index contributed by atoms with van der Waals surface area (Å²) in [5.41, 5.74) is 3.20. The molecule has 0 radical (unpaired) electrons. The highest BCUT2D eigenvalue weighted by atomic mass is 32.2. The minimum Gasteiger partial charge on any atom is -0.354 e. The zero-order chi connectivity index (χ0) is 21.2. The molecule has 0 unspecified atom stereocenters. The molecule has 0 saturated carbocycles. The van der Waals surface area contributed by atoms with E-state index in [4.69, 9.17) is 0 Å². The Labute approximate surface area is 171 Å². The van der Waals surface area contributed by atoms with E-state index < -0.39 is 10.0 Å². The van der Waals surface area contributed by atoms with Crippen molar-refractivity contribution in [3.05, 3.63) is 58.4 Å². The molecule has 2 aromatic rings. The van der Waals surface area contributed by atoms with Crippen molar-refractivity contribution in [3.8, 4) is 0 Å². The predicted molar refractivity (Wildman–Crippen MR) is 111 cm³/mol. The fraction of sp³-hybridized carbons (Fsp3) is 0.429. The minimum absolute atomic E-state index is 0.0421. The van der Waals surface area contributed by atoms with Gasteiger partial charge in [-0.05, 0) is 31.4 Å². The Morgan fingerprint density at radius 2 is 1.69 bits per heavy atom. The molecule has 1 saturated heterocycles. The Balaban J connectivity index is 1.70. The van der Waals surface area contributed by atoms with Crippen LogP contribution in [0.5, 0.6) is 0 Å². The van der Waals surface area contributed by atoms with Gasteiger partial charge in [-0.3, -0.25) is 9.59 Å². The maximum atomic E-state index is 13.0. The van der Waals surface area contributed by atoms with Crippen LogP contribution >= 0.6 is 0 Å². The van der Waals surface area contributed by atoms with E-state index in [1.165, 1.54) is 11.2 Å². The number of rotatable bonds is 6. The van der Waals surface area contributed by atoms with E-state index in [0.717, 1.165) is 11.1 Å². The number of ketones is 1. The molecule has 1 N–H and O–H groups in total. The largest absolute Gasteiger partial charge is 0.354 e. The van der Waals surface area contributed by atoms with E-state index in [2.05, 4.69) is 4.98 Å². The summed E-state index contributed by atoms with van der Waals surface area (Å²) < 4.78 is 26.9. The van der Waals surface area contributed by atoms with Crippen LogP contribution in [0.3, 0.4) is 0 Å². The third-order valence-corrected chi connectivity index (χ3v) is 7.17. The number of aryl methyl sites for hydroxylation is 1. The van der Waals surface area contributed by atoms with E-state index in [1.54, 1.807) is 24.0 Å². The summed E-state index contributed by atoms with van der Waals surface area (Å²) in [6.07, 6.45) is 0.575. The molecule has 0 bridgehead atoms. The monoisotopic (exact) mass is 417 g/mol. The molecule has 0 aliphatic carbocycles. The van der Waals surface area contributed by atoms with Gasteiger partial charge in [0.2, 0.25) is 10.0 Å². The zero-order valence-electron chi connectivity index (χ0n) is 17.1. The summed E-state index contributed by atoms with van der Waals surface area (Å²) in [5.74, 6) is -0.288. The number of carbonyl (C=O) groups excluding carboxylic acids is 2. The first-order valence-electron chi connectivity index (χ1n) is 9.78. The molecule has 2 heterocycles. The normalized spacial score (nSPS) is 15.5. The van der Waals surface area contributed by atoms with Gasteiger partial charge in [0.1, 0.15) is 5.69 Å². The van der Waals surface area contributed by atoms with Crippen molar-refractivity contribution >= 4 is 21.7 Å². The van der Waals surface area contributed by atoms with Crippen molar-refractivity contribution < 1.29 is 18.0 Å². The van der Waals surface area contributed by atoms with Crippen LogP contribution in [0.2, 0.25) is 0 Å². The van der Waals surface area contributed by atoms with Crippen LogP contribution in [0, 0.1) is 6.92 Å². The van der Waals surface area contributed by atoms with Crippen molar-refractivity contribution in [1.29, 1.82) is 0 Å². The number of Topliss-reactive ketones (excluding diaryl/α,β-unsaturated/α-hetero) is 1. The maximum absolute atomic E-state index is 13.0. The third kappa shape index (κ3) is 4.43. The first-order valence-corrected chi connectivity index (χ1v) is 11.4. The lowest BCUT2D eigenvalue weighted by molar-refractivity contribution is 0.0691. The van der Waals surface area contributed by atoms with E-state index in [1.807, 2.05) is 25.1 Å². The summed E-state index contributed by atoms with van der Waals surface area (Å²) in [5, 5.41) is 0. The molecule has 1 amide bonds. The van der Waals surface area contributed by atoms with Crippen LogP contribution in [0.1, 0.15) is 51.5 Å². The van der Waals surface area contributed by atoms with Gasteiger partial charge < -0.3 is 9.88 Å². The molecule has 8 heteroatoms. The molecule has 0 atom stereocenters. The summed E-state index contributed by atoms with van der Waals surface area (Å²) in [6, 6.07) is 9.08. The van der Waals surface area contributed by atoms with Gasteiger partial charge in [0.25, 0.3) is 5.91 Å². The second-order valence-corrected chi connectivity index (χ2v) is 9.29. The first kappa shape index (κ1) is 21.3. The van der Waals surface area contributed by atoms with Gasteiger partial charge >= 0.3 is 0 Å². The zero-order valence-corrected chi connectivity index (χ0v) is 17.9. The van der Waals surface area contributed by atoms with Gasteiger partial charge in [0.15, 0.2) is 5.78 Å². The minimum atomic E-state index is -3.43. The molecule has 7 nitrogen and oxygen atoms in total. The lowest BCUT2D eigenvalue weighted by Crippen LogP contribution is -2.51. The fourth-order valence-corrected chi connectivity index (χ4v) is 5.41. The van der Waals surface area contributed by atoms with E-state index in [-0.39, 0.29) is 30.5 Å². The number of aromatic amines is 1. The number of carbonyl (C=O) groups is 2. The Morgan fingerprint density at radius 1 is 1.07 bits per heavy atom. The third-order valence-electron chi connectivity index (χ3n) is 5.32. The second kappa shape index (κ2) is 8.51. The first-order chi connectivity index (χ1) is 13.7. The standard InChI is InChI=1S/C21H27N3O4S/c1-4-18-19(16(3)25)15(2)22-20(18)21(26)23-10-12-24(13-11-23)29(27,28)14-17-8-6-5-7-9-17/h5-9,22H,4,10-14H2,1-3H3. The number of nitrogens with one attached hydrogen (secondary N) is 1. The van der Waals surface area contributed by atoms with E-state index >= 15 is 0 Å². The van der Waals surface area contributed by atoms with Gasteiger partial charge in [-0.2, -0.15) is 4.31 Å². The topological polar surface area (TPSA) is 90.6 Å². The summed E-state index contributed by atoms with van der Waals surface area (Å²) in [4.78, 5) is 29.7. The molecule has 1 aromatic heterocycles. The van der Waals surface area contributed by atoms with Gasteiger partial charge in [-0.15, -0.1) is 0 Å². The van der Waals surface area contributed by atoms with Crippen molar-refractivity contribution in [1.82, 2.24) is 14.2 Å². The lowest BCUT2D eigenvalue weighted by Gasteiger charge is -2.34. The Bertz CT molecular complexity index is 1000. The number of sulfonamides is 1.